The van der Waals surface area contributed by atoms with Crippen LogP contribution in [0.3, 0.4) is 0 Å². The van der Waals surface area contributed by atoms with Gasteiger partial charge in [0, 0.05) is 40.6 Å². The molecule has 2 aromatic carbocycles. The van der Waals surface area contributed by atoms with E-state index >= 15 is 0 Å². The number of ether oxygens (including phenoxy) is 2. The highest BCUT2D eigenvalue weighted by Crippen LogP contribution is 2.55. The van der Waals surface area contributed by atoms with Gasteiger partial charge in [0.15, 0.2) is 0 Å². The van der Waals surface area contributed by atoms with Crippen LogP contribution in [0, 0.1) is 37.0 Å². The molecule has 1 aliphatic rings. The summed E-state index contributed by atoms with van der Waals surface area (Å²) in [6.07, 6.45) is 1.40. The molecule has 0 saturated carbocycles. The minimum absolute atomic E-state index is 0.00212. The Kier molecular flexibility index (Phi) is 7.18. The Labute approximate surface area is 248 Å². The molecule has 2 atom stereocenters. The van der Waals surface area contributed by atoms with Crippen LogP contribution < -0.4 is 5.73 Å². The number of furan rings is 2. The number of hydrogen-bond acceptors (Lipinski definition) is 12. The highest BCUT2D eigenvalue weighted by molar-refractivity contribution is 6.10. The van der Waals surface area contributed by atoms with Crippen LogP contribution in [-0.4, -0.2) is 35.0 Å². The summed E-state index contributed by atoms with van der Waals surface area (Å²) in [5.74, 6) is -2.02. The summed E-state index contributed by atoms with van der Waals surface area (Å²) in [7, 11) is 0. The zero-order valence-corrected chi connectivity index (χ0v) is 23.6. The standard InChI is InChI=1S/C30H24N4O10/c1-4-41-27(35)25-20(23-12-16-10-18(33(37)38)6-8-21(16)43-23)14-29(3,30(15-31,26(25)32)28(36)42-5-2)24-13-17-11-19(34(39)40)7-9-22(17)44-24/h6-14H,4-5,32H2,1-3H3. The van der Waals surface area contributed by atoms with E-state index in [-0.39, 0.29) is 58.4 Å². The number of carbonyl (C=O) groups excluding carboxylic acids is 2. The number of nitro groups is 2. The third-order valence-electron chi connectivity index (χ3n) is 7.58. The number of benzene rings is 2. The van der Waals surface area contributed by atoms with E-state index in [9.17, 15) is 35.1 Å². The fraction of sp³-hybridized carbons (Fsp3) is 0.233. The van der Waals surface area contributed by atoms with Crippen LogP contribution in [0.5, 0.6) is 0 Å². The van der Waals surface area contributed by atoms with E-state index in [0.29, 0.717) is 10.8 Å². The molecule has 2 aromatic heterocycles. The van der Waals surface area contributed by atoms with E-state index in [0.717, 1.165) is 0 Å². The van der Waals surface area contributed by atoms with Crippen molar-refractivity contribution >= 4 is 50.8 Å². The van der Waals surface area contributed by atoms with Gasteiger partial charge in [-0.05, 0) is 45.0 Å². The van der Waals surface area contributed by atoms with Crippen molar-refractivity contribution in [2.45, 2.75) is 26.2 Å². The number of fused-ring (bicyclic) bond motifs is 2. The number of non-ortho nitro benzene ring substituents is 2. The van der Waals surface area contributed by atoms with Crippen molar-refractivity contribution in [2.24, 2.45) is 11.1 Å². The monoisotopic (exact) mass is 600 g/mol. The van der Waals surface area contributed by atoms with Crippen molar-refractivity contribution in [2.75, 3.05) is 13.2 Å². The number of hydrogen-bond donors (Lipinski definition) is 1. The average molecular weight is 601 g/mol. The van der Waals surface area contributed by atoms with Gasteiger partial charge in [-0.2, -0.15) is 5.26 Å². The van der Waals surface area contributed by atoms with Gasteiger partial charge in [-0.15, -0.1) is 0 Å². The van der Waals surface area contributed by atoms with Crippen LogP contribution in [0.15, 0.2) is 74.7 Å². The van der Waals surface area contributed by atoms with Gasteiger partial charge < -0.3 is 24.0 Å². The Hall–Kier alpha value is -5.97. The topological polar surface area (TPSA) is 215 Å². The molecule has 0 spiro atoms. The van der Waals surface area contributed by atoms with Gasteiger partial charge >= 0.3 is 11.9 Å². The third kappa shape index (κ3) is 4.33. The molecular weight excluding hydrogens is 576 g/mol. The minimum Gasteiger partial charge on any atom is -0.464 e. The number of nitro benzene ring substituents is 2. The first-order valence-electron chi connectivity index (χ1n) is 13.3. The molecule has 1 aliphatic carbocycles. The van der Waals surface area contributed by atoms with Crippen molar-refractivity contribution in [3.8, 4) is 6.07 Å². The Balaban J connectivity index is 1.86. The molecule has 2 unspecified atom stereocenters. The molecule has 5 rings (SSSR count). The first-order chi connectivity index (χ1) is 20.9. The minimum atomic E-state index is -2.39. The zero-order chi connectivity index (χ0) is 32.0. The molecule has 14 heteroatoms. The van der Waals surface area contributed by atoms with Gasteiger partial charge in [0.1, 0.15) is 22.7 Å². The molecular formula is C30H24N4O10. The lowest BCUT2D eigenvalue weighted by atomic mass is 9.57. The Bertz CT molecular complexity index is 2000. The van der Waals surface area contributed by atoms with E-state index in [2.05, 4.69) is 0 Å². The maximum atomic E-state index is 13.8. The van der Waals surface area contributed by atoms with Gasteiger partial charge in [-0.1, -0.05) is 6.08 Å². The van der Waals surface area contributed by atoms with Gasteiger partial charge in [0.05, 0.1) is 45.8 Å². The zero-order valence-electron chi connectivity index (χ0n) is 23.6. The molecule has 0 aliphatic heterocycles. The fourth-order valence-electron chi connectivity index (χ4n) is 5.42. The highest BCUT2D eigenvalue weighted by atomic mass is 16.6. The number of rotatable bonds is 8. The molecule has 0 saturated heterocycles. The summed E-state index contributed by atoms with van der Waals surface area (Å²) in [4.78, 5) is 48.8. The van der Waals surface area contributed by atoms with E-state index < -0.39 is 38.3 Å². The van der Waals surface area contributed by atoms with Crippen LogP contribution in [0.4, 0.5) is 11.4 Å². The third-order valence-corrected chi connectivity index (χ3v) is 7.58. The second-order valence-corrected chi connectivity index (χ2v) is 10.0. The van der Waals surface area contributed by atoms with Crippen molar-refractivity contribution in [3.63, 3.8) is 0 Å². The molecule has 2 N–H and O–H groups in total. The number of nitrogens with two attached hydrogens (primary N) is 1. The normalized spacial score (nSPS) is 19.8. The van der Waals surface area contributed by atoms with Crippen LogP contribution in [0.25, 0.3) is 27.5 Å². The summed E-state index contributed by atoms with van der Waals surface area (Å²) in [6, 6.07) is 12.7. The molecule has 2 heterocycles. The molecule has 44 heavy (non-hydrogen) atoms. The number of esters is 2. The first kappa shape index (κ1) is 29.5. The Morgan fingerprint density at radius 1 is 0.932 bits per heavy atom. The van der Waals surface area contributed by atoms with Gasteiger partial charge in [0.2, 0.25) is 5.41 Å². The van der Waals surface area contributed by atoms with E-state index in [1.807, 2.05) is 6.07 Å². The molecule has 4 aromatic rings. The smallest absolute Gasteiger partial charge is 0.340 e. The molecule has 0 radical (unpaired) electrons. The number of carbonyl (C=O) groups is 2. The maximum Gasteiger partial charge on any atom is 0.340 e. The van der Waals surface area contributed by atoms with Crippen molar-refractivity contribution in [1.29, 1.82) is 5.26 Å². The van der Waals surface area contributed by atoms with Crippen LogP contribution in [-0.2, 0) is 24.5 Å². The summed E-state index contributed by atoms with van der Waals surface area (Å²) < 4.78 is 22.7. The fourth-order valence-corrected chi connectivity index (χ4v) is 5.42. The summed E-state index contributed by atoms with van der Waals surface area (Å²) in [6.45, 7) is 4.35. The Morgan fingerprint density at radius 2 is 1.50 bits per heavy atom. The average Bonchev–Trinajstić information content (AvgIpc) is 3.61. The summed E-state index contributed by atoms with van der Waals surface area (Å²) in [5.41, 5.74) is 1.66. The van der Waals surface area contributed by atoms with Crippen LogP contribution >= 0.6 is 0 Å². The quantitative estimate of drug-likeness (QED) is 0.157. The second-order valence-electron chi connectivity index (χ2n) is 10.0. The van der Waals surface area contributed by atoms with E-state index in [1.54, 1.807) is 6.92 Å². The Morgan fingerprint density at radius 3 is 2.05 bits per heavy atom. The lowest BCUT2D eigenvalue weighted by Gasteiger charge is -2.42. The lowest BCUT2D eigenvalue weighted by Crippen LogP contribution is -2.54. The summed E-state index contributed by atoms with van der Waals surface area (Å²) in [5, 5.41) is 34.1. The van der Waals surface area contributed by atoms with Gasteiger partial charge in [-0.25, -0.2) is 9.59 Å². The number of nitrogens with zero attached hydrogens (tertiary/aromatic N) is 3. The molecule has 14 nitrogen and oxygen atoms in total. The van der Waals surface area contributed by atoms with Crippen LogP contribution in [0.1, 0.15) is 32.3 Å². The SMILES string of the molecule is CCOC(=O)C1=C(N)C(C#N)(C(=O)OCC)C(C)(c2cc3cc([N+](=O)[O-])ccc3o2)C=C1c1cc2cc([N+](=O)[O-])ccc2o1. The van der Waals surface area contributed by atoms with Gasteiger partial charge in [0.25, 0.3) is 11.4 Å². The number of nitriles is 1. The van der Waals surface area contributed by atoms with Gasteiger partial charge in [-0.3, -0.25) is 20.2 Å². The molecule has 224 valence electrons. The summed E-state index contributed by atoms with van der Waals surface area (Å²) >= 11 is 0. The van der Waals surface area contributed by atoms with Crippen molar-refractivity contribution < 1.29 is 37.7 Å². The second kappa shape index (κ2) is 10.7. The van der Waals surface area contributed by atoms with E-state index in [4.69, 9.17) is 24.0 Å². The largest absolute Gasteiger partial charge is 0.464 e. The molecule has 0 amide bonds. The highest BCUT2D eigenvalue weighted by Gasteiger charge is 2.63. The predicted molar refractivity (Wildman–Crippen MR) is 154 cm³/mol. The maximum absolute atomic E-state index is 13.8. The number of allylic oxidation sites excluding steroid dienone is 1. The van der Waals surface area contributed by atoms with Crippen LogP contribution in [0.2, 0.25) is 0 Å². The first-order valence-corrected chi connectivity index (χ1v) is 13.3. The van der Waals surface area contributed by atoms with Crippen molar-refractivity contribution in [1.82, 2.24) is 0 Å². The van der Waals surface area contributed by atoms with E-state index in [1.165, 1.54) is 68.5 Å². The lowest BCUT2D eigenvalue weighted by molar-refractivity contribution is -0.384. The molecule has 0 bridgehead atoms. The van der Waals surface area contributed by atoms with Crippen molar-refractivity contribution in [3.05, 3.63) is 97.6 Å². The predicted octanol–water partition coefficient (Wildman–Crippen LogP) is 5.20. The molecule has 0 fully saturated rings.